The first-order valence-electron chi connectivity index (χ1n) is 6.63. The van der Waals surface area contributed by atoms with E-state index < -0.39 is 0 Å². The number of hydrogen-bond acceptors (Lipinski definition) is 4. The van der Waals surface area contributed by atoms with Crippen LogP contribution < -0.4 is 14.8 Å². The van der Waals surface area contributed by atoms with Crippen LogP contribution in [0, 0.1) is 0 Å². The molecule has 5 nitrogen and oxygen atoms in total. The number of benzene rings is 1. The predicted octanol–water partition coefficient (Wildman–Crippen LogP) is 0.778. The Morgan fingerprint density at radius 1 is 1.42 bits per heavy atom. The van der Waals surface area contributed by atoms with E-state index >= 15 is 0 Å². The van der Waals surface area contributed by atoms with Crippen LogP contribution >= 0.6 is 0 Å². The van der Waals surface area contributed by atoms with Gasteiger partial charge in [0, 0.05) is 25.7 Å². The quantitative estimate of drug-likeness (QED) is 0.855. The number of piperazine rings is 1. The lowest BCUT2D eigenvalue weighted by atomic mass is 10.1. The lowest BCUT2D eigenvalue weighted by Crippen LogP contribution is -2.52. The van der Waals surface area contributed by atoms with Crippen LogP contribution in [-0.2, 0) is 11.2 Å². The number of ether oxygens (including phenoxy) is 2. The van der Waals surface area contributed by atoms with Crippen molar-refractivity contribution in [2.45, 2.75) is 19.4 Å². The fraction of sp³-hybridized carbons (Fsp3) is 0.500. The number of carbonyl (C=O) groups excluding carboxylic acids is 1. The standard InChI is InChI=1S/C14H18N2O3/c1-10-8-15-4-5-16(10)14(17)7-11-2-3-12-13(6-11)19-9-18-12/h2-3,6,10,15H,4-5,7-9H2,1H3. The van der Waals surface area contributed by atoms with Gasteiger partial charge >= 0.3 is 0 Å². The summed E-state index contributed by atoms with van der Waals surface area (Å²) in [5, 5.41) is 3.29. The molecule has 1 fully saturated rings. The van der Waals surface area contributed by atoms with Gasteiger partial charge in [-0.15, -0.1) is 0 Å². The molecular formula is C14H18N2O3. The normalized spacial score (nSPS) is 21.5. The lowest BCUT2D eigenvalue weighted by Gasteiger charge is -2.34. The van der Waals surface area contributed by atoms with E-state index in [1.54, 1.807) is 0 Å². The zero-order valence-electron chi connectivity index (χ0n) is 11.0. The molecule has 0 aromatic heterocycles. The van der Waals surface area contributed by atoms with Crippen molar-refractivity contribution in [2.24, 2.45) is 0 Å². The summed E-state index contributed by atoms with van der Waals surface area (Å²) in [5.74, 6) is 1.67. The highest BCUT2D eigenvalue weighted by Gasteiger charge is 2.23. The SMILES string of the molecule is CC1CNCCN1C(=O)Cc1ccc2c(c1)OCO2. The first kappa shape index (κ1) is 12.3. The van der Waals surface area contributed by atoms with Gasteiger partial charge in [-0.05, 0) is 24.6 Å². The summed E-state index contributed by atoms with van der Waals surface area (Å²) >= 11 is 0. The van der Waals surface area contributed by atoms with Gasteiger partial charge in [-0.1, -0.05) is 6.07 Å². The first-order valence-corrected chi connectivity index (χ1v) is 6.63. The second-order valence-electron chi connectivity index (χ2n) is 5.00. The van der Waals surface area contributed by atoms with Gasteiger partial charge in [-0.3, -0.25) is 4.79 Å². The molecule has 1 N–H and O–H groups in total. The maximum absolute atomic E-state index is 12.3. The molecule has 102 valence electrons. The molecule has 2 aliphatic heterocycles. The maximum Gasteiger partial charge on any atom is 0.231 e. The molecular weight excluding hydrogens is 244 g/mol. The first-order chi connectivity index (χ1) is 9.24. The molecule has 3 rings (SSSR count). The van der Waals surface area contributed by atoms with E-state index in [2.05, 4.69) is 12.2 Å². The van der Waals surface area contributed by atoms with Gasteiger partial charge in [-0.2, -0.15) is 0 Å². The molecule has 0 spiro atoms. The Kier molecular flexibility index (Phi) is 3.29. The third-order valence-electron chi connectivity index (χ3n) is 3.61. The molecule has 0 saturated carbocycles. The summed E-state index contributed by atoms with van der Waals surface area (Å²) in [5.41, 5.74) is 0.972. The third kappa shape index (κ3) is 2.51. The number of rotatable bonds is 2. The van der Waals surface area contributed by atoms with Gasteiger partial charge < -0.3 is 19.7 Å². The van der Waals surface area contributed by atoms with Crippen LogP contribution in [0.3, 0.4) is 0 Å². The zero-order valence-corrected chi connectivity index (χ0v) is 11.0. The summed E-state index contributed by atoms with van der Waals surface area (Å²) < 4.78 is 10.6. The highest BCUT2D eigenvalue weighted by Crippen LogP contribution is 2.32. The summed E-state index contributed by atoms with van der Waals surface area (Å²) in [4.78, 5) is 14.2. The minimum atomic E-state index is 0.174. The van der Waals surface area contributed by atoms with E-state index in [9.17, 15) is 4.79 Å². The van der Waals surface area contributed by atoms with Crippen molar-refractivity contribution in [3.8, 4) is 11.5 Å². The average Bonchev–Trinajstić information content (AvgIpc) is 2.86. The molecule has 1 aromatic rings. The van der Waals surface area contributed by atoms with Crippen molar-refractivity contribution in [3.63, 3.8) is 0 Å². The van der Waals surface area contributed by atoms with Crippen LogP contribution in [0.2, 0.25) is 0 Å². The Morgan fingerprint density at radius 3 is 3.11 bits per heavy atom. The summed E-state index contributed by atoms with van der Waals surface area (Å²) in [6.07, 6.45) is 0.418. The molecule has 1 aromatic carbocycles. The van der Waals surface area contributed by atoms with Crippen molar-refractivity contribution < 1.29 is 14.3 Å². The van der Waals surface area contributed by atoms with Crippen molar-refractivity contribution in [3.05, 3.63) is 23.8 Å². The predicted molar refractivity (Wildman–Crippen MR) is 70.3 cm³/mol. The van der Waals surface area contributed by atoms with Crippen LogP contribution in [-0.4, -0.2) is 43.3 Å². The van der Waals surface area contributed by atoms with E-state index in [-0.39, 0.29) is 18.7 Å². The molecule has 19 heavy (non-hydrogen) atoms. The van der Waals surface area contributed by atoms with Gasteiger partial charge in [0.2, 0.25) is 12.7 Å². The minimum absolute atomic E-state index is 0.174. The van der Waals surface area contributed by atoms with Gasteiger partial charge in [-0.25, -0.2) is 0 Å². The molecule has 1 unspecified atom stereocenters. The molecule has 5 heteroatoms. The van der Waals surface area contributed by atoms with Crippen molar-refractivity contribution in [2.75, 3.05) is 26.4 Å². The average molecular weight is 262 g/mol. The smallest absolute Gasteiger partial charge is 0.231 e. The molecule has 0 radical (unpaired) electrons. The molecule has 1 amide bonds. The molecule has 2 heterocycles. The Balaban J connectivity index is 1.69. The second kappa shape index (κ2) is 5.09. The van der Waals surface area contributed by atoms with Gasteiger partial charge in [0.25, 0.3) is 0 Å². The lowest BCUT2D eigenvalue weighted by molar-refractivity contribution is -0.133. The Morgan fingerprint density at radius 2 is 2.26 bits per heavy atom. The number of nitrogens with zero attached hydrogens (tertiary/aromatic N) is 1. The number of hydrogen-bond donors (Lipinski definition) is 1. The fourth-order valence-corrected chi connectivity index (χ4v) is 2.54. The van der Waals surface area contributed by atoms with Crippen molar-refractivity contribution >= 4 is 5.91 Å². The third-order valence-corrected chi connectivity index (χ3v) is 3.61. The van der Waals surface area contributed by atoms with Crippen LogP contribution in [0.5, 0.6) is 11.5 Å². The summed E-state index contributed by atoms with van der Waals surface area (Å²) in [6, 6.07) is 5.95. The highest BCUT2D eigenvalue weighted by molar-refractivity contribution is 5.79. The Labute approximate surface area is 112 Å². The minimum Gasteiger partial charge on any atom is -0.454 e. The highest BCUT2D eigenvalue weighted by atomic mass is 16.7. The van der Waals surface area contributed by atoms with Crippen molar-refractivity contribution in [1.82, 2.24) is 10.2 Å². The monoisotopic (exact) mass is 262 g/mol. The van der Waals surface area contributed by atoms with Crippen LogP contribution in [0.1, 0.15) is 12.5 Å². The van der Waals surface area contributed by atoms with E-state index in [0.29, 0.717) is 6.42 Å². The number of nitrogens with one attached hydrogen (secondary N) is 1. The molecule has 0 bridgehead atoms. The van der Waals surface area contributed by atoms with Crippen LogP contribution in [0.15, 0.2) is 18.2 Å². The maximum atomic E-state index is 12.3. The number of carbonyl (C=O) groups is 1. The Bertz CT molecular complexity index is 490. The zero-order chi connectivity index (χ0) is 13.2. The largest absolute Gasteiger partial charge is 0.454 e. The number of amides is 1. The van der Waals surface area contributed by atoms with Crippen molar-refractivity contribution in [1.29, 1.82) is 0 Å². The molecule has 1 atom stereocenters. The topological polar surface area (TPSA) is 50.8 Å². The summed E-state index contributed by atoms with van der Waals surface area (Å²) in [6.45, 7) is 4.86. The molecule has 2 aliphatic rings. The van der Waals surface area contributed by atoms with E-state index in [1.807, 2.05) is 23.1 Å². The Hall–Kier alpha value is -1.75. The fourth-order valence-electron chi connectivity index (χ4n) is 2.54. The van der Waals surface area contributed by atoms with E-state index in [4.69, 9.17) is 9.47 Å². The second-order valence-corrected chi connectivity index (χ2v) is 5.00. The van der Waals surface area contributed by atoms with Crippen LogP contribution in [0.4, 0.5) is 0 Å². The molecule has 0 aliphatic carbocycles. The van der Waals surface area contributed by atoms with Crippen LogP contribution in [0.25, 0.3) is 0 Å². The number of fused-ring (bicyclic) bond motifs is 1. The molecule has 1 saturated heterocycles. The van der Waals surface area contributed by atoms with E-state index in [0.717, 1.165) is 36.7 Å². The van der Waals surface area contributed by atoms with Gasteiger partial charge in [0.15, 0.2) is 11.5 Å². The van der Waals surface area contributed by atoms with E-state index in [1.165, 1.54) is 0 Å². The summed E-state index contributed by atoms with van der Waals surface area (Å²) in [7, 11) is 0. The van der Waals surface area contributed by atoms with Gasteiger partial charge in [0.1, 0.15) is 0 Å². The van der Waals surface area contributed by atoms with Gasteiger partial charge in [0.05, 0.1) is 6.42 Å².